The molecule has 1 aromatic carbocycles. The minimum Gasteiger partial charge on any atom is -0.204 e. The van der Waals surface area contributed by atoms with Crippen LogP contribution in [0.15, 0.2) is 12.1 Å². The van der Waals surface area contributed by atoms with E-state index in [4.69, 9.17) is 0 Å². The minimum atomic E-state index is -1.35. The molecule has 0 N–H and O–H groups in total. The van der Waals surface area contributed by atoms with Crippen LogP contribution in [0.5, 0.6) is 0 Å². The summed E-state index contributed by atoms with van der Waals surface area (Å²) in [4.78, 5) is 0. The van der Waals surface area contributed by atoms with Crippen LogP contribution in [0.4, 0.5) is 13.2 Å². The number of halogens is 3. The second-order valence-corrected chi connectivity index (χ2v) is 12.9. The molecule has 1 saturated carbocycles. The zero-order valence-electron chi connectivity index (χ0n) is 17.5. The summed E-state index contributed by atoms with van der Waals surface area (Å²) in [5.41, 5.74) is 0.636. The lowest BCUT2D eigenvalue weighted by atomic mass is 9.77. The number of hydrogen-bond donors (Lipinski definition) is 0. The van der Waals surface area contributed by atoms with Gasteiger partial charge < -0.3 is 0 Å². The smallest absolute Gasteiger partial charge is 0.194 e. The maximum absolute atomic E-state index is 13.5. The van der Waals surface area contributed by atoms with Crippen molar-refractivity contribution >= 4 is 8.80 Å². The molecule has 1 aromatic rings. The number of unbranched alkanes of at least 4 members (excludes halogenated alkanes) is 1. The van der Waals surface area contributed by atoms with Crippen LogP contribution in [0, 0.1) is 29.3 Å². The molecule has 158 valence electrons. The van der Waals surface area contributed by atoms with E-state index in [1.807, 2.05) is 0 Å². The van der Waals surface area contributed by atoms with E-state index in [1.54, 1.807) is 18.1 Å². The topological polar surface area (TPSA) is 0 Å². The zero-order valence-corrected chi connectivity index (χ0v) is 18.7. The van der Waals surface area contributed by atoms with Crippen LogP contribution in [0.25, 0.3) is 0 Å². The molecule has 0 aromatic heterocycles. The van der Waals surface area contributed by atoms with Crippen molar-refractivity contribution < 1.29 is 13.2 Å². The molecule has 2 fully saturated rings. The van der Waals surface area contributed by atoms with Crippen molar-refractivity contribution in [2.75, 3.05) is 0 Å². The third kappa shape index (κ3) is 6.11. The van der Waals surface area contributed by atoms with E-state index in [-0.39, 0.29) is 14.7 Å². The predicted molar refractivity (Wildman–Crippen MR) is 114 cm³/mol. The van der Waals surface area contributed by atoms with Crippen LogP contribution in [-0.2, 0) is 0 Å². The lowest BCUT2D eigenvalue weighted by molar-refractivity contribution is 0.296. The highest BCUT2D eigenvalue weighted by atomic mass is 28.3. The van der Waals surface area contributed by atoms with Gasteiger partial charge in [-0.05, 0) is 61.1 Å². The Labute approximate surface area is 170 Å². The summed E-state index contributed by atoms with van der Waals surface area (Å²) in [6.07, 6.45) is 14.1. The maximum Gasteiger partial charge on any atom is 0.194 e. The van der Waals surface area contributed by atoms with E-state index in [9.17, 15) is 13.2 Å². The monoisotopic (exact) mass is 410 g/mol. The number of hydrogen-bond acceptors (Lipinski definition) is 0. The van der Waals surface area contributed by atoms with E-state index in [2.05, 4.69) is 6.92 Å². The molecule has 0 atom stereocenters. The normalized spacial score (nSPS) is 28.4. The highest BCUT2D eigenvalue weighted by molar-refractivity contribution is 6.58. The van der Waals surface area contributed by atoms with Crippen LogP contribution in [0.2, 0.25) is 18.1 Å². The summed E-state index contributed by atoms with van der Waals surface area (Å²) in [5, 5.41) is 0. The molecule has 28 heavy (non-hydrogen) atoms. The standard InChI is InChI=1S/C24H37F3Si/c1-2-13-28-14-11-19(12-15-28)6-4-3-5-18-7-9-20(10-8-18)21-16-22(25)24(27)23(26)17-21/h16-20,28H,2-15H2,1H3/t18-,19?,20-,28?. The minimum absolute atomic E-state index is 0.184. The first kappa shape index (κ1) is 21.9. The summed E-state index contributed by atoms with van der Waals surface area (Å²) in [6, 6.07) is 7.13. The molecule has 1 saturated heterocycles. The Balaban J connectivity index is 1.31. The summed E-state index contributed by atoms with van der Waals surface area (Å²) in [6.45, 7) is 2.34. The molecule has 0 unspecified atom stereocenters. The number of rotatable bonds is 8. The Hall–Kier alpha value is -0.773. The van der Waals surface area contributed by atoms with Crippen LogP contribution < -0.4 is 0 Å². The molecule has 0 spiro atoms. The molecular weight excluding hydrogens is 373 g/mol. The second-order valence-electron chi connectivity index (χ2n) is 9.48. The van der Waals surface area contributed by atoms with Crippen molar-refractivity contribution in [2.45, 2.75) is 102 Å². The zero-order chi connectivity index (χ0) is 19.9. The highest BCUT2D eigenvalue weighted by Gasteiger charge is 2.25. The van der Waals surface area contributed by atoms with Crippen molar-refractivity contribution in [3.8, 4) is 0 Å². The predicted octanol–water partition coefficient (Wildman–Crippen LogP) is 7.99. The maximum atomic E-state index is 13.5. The van der Waals surface area contributed by atoms with Gasteiger partial charge in [0.2, 0.25) is 0 Å². The average Bonchev–Trinajstić information content (AvgIpc) is 2.71. The lowest BCUT2D eigenvalue weighted by Gasteiger charge is -2.29. The van der Waals surface area contributed by atoms with Gasteiger partial charge in [-0.2, -0.15) is 0 Å². The molecule has 0 bridgehead atoms. The van der Waals surface area contributed by atoms with E-state index >= 15 is 0 Å². The van der Waals surface area contributed by atoms with Crippen molar-refractivity contribution in [1.29, 1.82) is 0 Å². The molecule has 1 aliphatic heterocycles. The fraction of sp³-hybridized carbons (Fsp3) is 0.750. The van der Waals surface area contributed by atoms with Gasteiger partial charge in [-0.1, -0.05) is 70.0 Å². The Kier molecular flexibility index (Phi) is 8.49. The molecule has 1 heterocycles. The quantitative estimate of drug-likeness (QED) is 0.231. The third-order valence-corrected chi connectivity index (χ3v) is 11.2. The lowest BCUT2D eigenvalue weighted by Crippen LogP contribution is -2.21. The van der Waals surface area contributed by atoms with Crippen LogP contribution in [0.1, 0.15) is 89.0 Å². The molecular formula is C24H37F3Si. The van der Waals surface area contributed by atoms with Gasteiger partial charge in [-0.25, -0.2) is 13.2 Å². The van der Waals surface area contributed by atoms with Gasteiger partial charge in [-0.3, -0.25) is 0 Å². The first-order valence-electron chi connectivity index (χ1n) is 11.7. The van der Waals surface area contributed by atoms with Gasteiger partial charge >= 0.3 is 0 Å². The average molecular weight is 411 g/mol. The Bertz CT molecular complexity index is 579. The second kappa shape index (κ2) is 10.8. The molecule has 2 aliphatic rings. The molecule has 0 nitrogen and oxygen atoms in total. The molecule has 1 aliphatic carbocycles. The van der Waals surface area contributed by atoms with Gasteiger partial charge in [0.1, 0.15) is 0 Å². The van der Waals surface area contributed by atoms with Crippen LogP contribution in [0.3, 0.4) is 0 Å². The van der Waals surface area contributed by atoms with Crippen LogP contribution in [-0.4, -0.2) is 8.80 Å². The molecule has 0 amide bonds. The first-order chi connectivity index (χ1) is 13.6. The Morgan fingerprint density at radius 2 is 1.36 bits per heavy atom. The van der Waals surface area contributed by atoms with Crippen molar-refractivity contribution in [2.24, 2.45) is 11.8 Å². The fourth-order valence-electron chi connectivity index (χ4n) is 5.68. The van der Waals surface area contributed by atoms with E-state index in [0.29, 0.717) is 5.56 Å². The van der Waals surface area contributed by atoms with E-state index < -0.39 is 17.5 Å². The highest BCUT2D eigenvalue weighted by Crippen LogP contribution is 2.39. The third-order valence-electron chi connectivity index (χ3n) is 7.46. The summed E-state index contributed by atoms with van der Waals surface area (Å²) in [5.74, 6) is -1.51. The van der Waals surface area contributed by atoms with E-state index in [1.165, 1.54) is 57.1 Å². The fourth-order valence-corrected chi connectivity index (χ4v) is 9.25. The van der Waals surface area contributed by atoms with Crippen molar-refractivity contribution in [3.63, 3.8) is 0 Å². The Morgan fingerprint density at radius 1 is 0.821 bits per heavy atom. The van der Waals surface area contributed by atoms with Gasteiger partial charge in [0, 0.05) is 8.80 Å². The molecule has 0 radical (unpaired) electrons. The Morgan fingerprint density at radius 3 is 1.89 bits per heavy atom. The molecule has 3 rings (SSSR count). The summed E-state index contributed by atoms with van der Waals surface area (Å²) in [7, 11) is -0.338. The van der Waals surface area contributed by atoms with Gasteiger partial charge in [0.05, 0.1) is 0 Å². The van der Waals surface area contributed by atoms with Crippen LogP contribution >= 0.6 is 0 Å². The van der Waals surface area contributed by atoms with E-state index in [0.717, 1.165) is 37.5 Å². The summed E-state index contributed by atoms with van der Waals surface area (Å²) >= 11 is 0. The molecule has 4 heteroatoms. The van der Waals surface area contributed by atoms with Gasteiger partial charge in [0.25, 0.3) is 0 Å². The van der Waals surface area contributed by atoms with Crippen molar-refractivity contribution in [3.05, 3.63) is 35.1 Å². The summed E-state index contributed by atoms with van der Waals surface area (Å²) < 4.78 is 40.1. The SMILES string of the molecule is CCC[SiH]1CCC(CCCC[C@H]2CC[C@H](c3cc(F)c(F)c(F)c3)CC2)CC1. The van der Waals surface area contributed by atoms with Crippen molar-refractivity contribution in [1.82, 2.24) is 0 Å². The largest absolute Gasteiger partial charge is 0.204 e. The van der Waals surface area contributed by atoms with Gasteiger partial charge in [0.15, 0.2) is 17.5 Å². The number of benzene rings is 1. The van der Waals surface area contributed by atoms with Gasteiger partial charge in [-0.15, -0.1) is 0 Å². The first-order valence-corrected chi connectivity index (χ1v) is 14.2.